The first-order chi connectivity index (χ1) is 15.8. The molecular formula is C21H25N9O2. The van der Waals surface area contributed by atoms with Gasteiger partial charge < -0.3 is 19.9 Å². The van der Waals surface area contributed by atoms with Gasteiger partial charge >= 0.3 is 0 Å². The minimum Gasteiger partial charge on any atom is -0.378 e. The maximum Gasteiger partial charge on any atom is 0.230 e. The van der Waals surface area contributed by atoms with E-state index in [1.165, 1.54) is 6.33 Å². The largest absolute Gasteiger partial charge is 0.378 e. The number of morpholine rings is 1. The Morgan fingerprint density at radius 3 is 2.56 bits per heavy atom. The third kappa shape index (κ3) is 4.52. The molecule has 32 heavy (non-hydrogen) atoms. The fourth-order valence-electron chi connectivity index (χ4n) is 4.05. The third-order valence-electron chi connectivity index (χ3n) is 5.76. The van der Waals surface area contributed by atoms with Gasteiger partial charge in [0.2, 0.25) is 5.91 Å². The zero-order valence-electron chi connectivity index (χ0n) is 17.7. The van der Waals surface area contributed by atoms with E-state index in [9.17, 15) is 4.79 Å². The van der Waals surface area contributed by atoms with Gasteiger partial charge in [-0.1, -0.05) is 0 Å². The van der Waals surface area contributed by atoms with E-state index in [1.54, 1.807) is 18.9 Å². The van der Waals surface area contributed by atoms with Gasteiger partial charge in [0, 0.05) is 50.7 Å². The molecule has 3 aromatic rings. The zero-order valence-corrected chi connectivity index (χ0v) is 17.7. The van der Waals surface area contributed by atoms with Crippen LogP contribution in [0.15, 0.2) is 43.5 Å². The van der Waals surface area contributed by atoms with E-state index >= 15 is 0 Å². The quantitative estimate of drug-likeness (QED) is 0.630. The summed E-state index contributed by atoms with van der Waals surface area (Å²) in [5.74, 6) is 2.68. The molecule has 0 radical (unpaired) electrons. The van der Waals surface area contributed by atoms with Gasteiger partial charge in [-0.2, -0.15) is 0 Å². The number of piperidine rings is 1. The first-order valence-electron chi connectivity index (χ1n) is 10.8. The van der Waals surface area contributed by atoms with Gasteiger partial charge in [-0.15, -0.1) is 0 Å². The van der Waals surface area contributed by atoms with Crippen LogP contribution in [-0.4, -0.2) is 74.8 Å². The van der Waals surface area contributed by atoms with E-state index in [0.29, 0.717) is 25.6 Å². The van der Waals surface area contributed by atoms with Crippen molar-refractivity contribution in [3.63, 3.8) is 0 Å². The highest BCUT2D eigenvalue weighted by Crippen LogP contribution is 2.24. The van der Waals surface area contributed by atoms with Crippen LogP contribution in [0.3, 0.4) is 0 Å². The number of imidazole rings is 1. The Kier molecular flexibility index (Phi) is 5.88. The number of anilines is 3. The molecule has 2 aliphatic heterocycles. The number of hydrogen-bond donors (Lipinski definition) is 1. The van der Waals surface area contributed by atoms with Gasteiger partial charge in [-0.25, -0.2) is 24.9 Å². The number of amides is 1. The van der Waals surface area contributed by atoms with Crippen LogP contribution in [0.2, 0.25) is 0 Å². The van der Waals surface area contributed by atoms with Crippen LogP contribution < -0.4 is 15.1 Å². The van der Waals surface area contributed by atoms with Gasteiger partial charge in [0.15, 0.2) is 0 Å². The summed E-state index contributed by atoms with van der Waals surface area (Å²) in [5.41, 5.74) is 0. The molecule has 0 aromatic carbocycles. The summed E-state index contributed by atoms with van der Waals surface area (Å²) >= 11 is 0. The molecule has 2 saturated heterocycles. The number of carbonyl (C=O) groups is 1. The molecule has 11 heteroatoms. The molecule has 5 heterocycles. The Morgan fingerprint density at radius 1 is 0.969 bits per heavy atom. The van der Waals surface area contributed by atoms with Crippen molar-refractivity contribution in [2.45, 2.75) is 12.8 Å². The summed E-state index contributed by atoms with van der Waals surface area (Å²) in [4.78, 5) is 38.7. The third-order valence-corrected chi connectivity index (χ3v) is 5.76. The highest BCUT2D eigenvalue weighted by Gasteiger charge is 2.27. The summed E-state index contributed by atoms with van der Waals surface area (Å²) < 4.78 is 7.23. The van der Waals surface area contributed by atoms with Crippen molar-refractivity contribution < 1.29 is 9.53 Å². The first-order valence-corrected chi connectivity index (χ1v) is 10.8. The van der Waals surface area contributed by atoms with E-state index in [-0.39, 0.29) is 11.8 Å². The average molecular weight is 435 g/mol. The molecule has 1 amide bonds. The molecule has 0 saturated carbocycles. The second-order valence-corrected chi connectivity index (χ2v) is 7.84. The van der Waals surface area contributed by atoms with Crippen LogP contribution in [0.5, 0.6) is 0 Å². The van der Waals surface area contributed by atoms with Gasteiger partial charge in [0.1, 0.15) is 42.3 Å². The lowest BCUT2D eigenvalue weighted by Crippen LogP contribution is -2.41. The molecule has 3 aromatic heterocycles. The van der Waals surface area contributed by atoms with Gasteiger partial charge in [-0.05, 0) is 12.8 Å². The van der Waals surface area contributed by atoms with Crippen LogP contribution in [0.25, 0.3) is 5.82 Å². The van der Waals surface area contributed by atoms with Gasteiger partial charge in [0.05, 0.1) is 19.1 Å². The lowest BCUT2D eigenvalue weighted by atomic mass is 9.97. The zero-order chi connectivity index (χ0) is 21.8. The van der Waals surface area contributed by atoms with E-state index < -0.39 is 0 Å². The Morgan fingerprint density at radius 2 is 1.75 bits per heavy atom. The van der Waals surface area contributed by atoms with E-state index in [4.69, 9.17) is 4.74 Å². The molecule has 0 bridgehead atoms. The summed E-state index contributed by atoms with van der Waals surface area (Å²) in [6, 6.07) is 3.74. The van der Waals surface area contributed by atoms with Crippen molar-refractivity contribution in [1.29, 1.82) is 0 Å². The lowest BCUT2D eigenvalue weighted by Gasteiger charge is -2.33. The summed E-state index contributed by atoms with van der Waals surface area (Å²) in [6.45, 7) is 4.35. The smallest absolute Gasteiger partial charge is 0.230 e. The van der Waals surface area contributed by atoms with Crippen molar-refractivity contribution in [1.82, 2.24) is 29.5 Å². The van der Waals surface area contributed by atoms with Crippen molar-refractivity contribution in [3.05, 3.63) is 43.5 Å². The fraction of sp³-hybridized carbons (Fsp3) is 0.429. The Balaban J connectivity index is 1.25. The number of ether oxygens (including phenoxy) is 1. The number of aromatic nitrogens is 6. The molecule has 1 N–H and O–H groups in total. The van der Waals surface area contributed by atoms with Crippen molar-refractivity contribution in [2.75, 3.05) is 54.5 Å². The van der Waals surface area contributed by atoms with Crippen LogP contribution in [0.1, 0.15) is 12.8 Å². The number of nitrogens with zero attached hydrogens (tertiary/aromatic N) is 8. The number of nitrogens with one attached hydrogen (secondary N) is 1. The highest BCUT2D eigenvalue weighted by atomic mass is 16.5. The first kappa shape index (κ1) is 20.3. The summed E-state index contributed by atoms with van der Waals surface area (Å²) in [7, 11) is 0. The molecule has 1 atom stereocenters. The van der Waals surface area contributed by atoms with Crippen molar-refractivity contribution in [2.24, 2.45) is 5.92 Å². The second-order valence-electron chi connectivity index (χ2n) is 7.84. The van der Waals surface area contributed by atoms with Crippen molar-refractivity contribution in [3.8, 4) is 5.82 Å². The highest BCUT2D eigenvalue weighted by molar-refractivity contribution is 5.92. The van der Waals surface area contributed by atoms with E-state index in [1.807, 2.05) is 22.9 Å². The standard InChI is InChI=1S/C21H25N9O2/c31-21(27-17-10-18(24-13-23-17)28-6-8-32-9-7-28)16-2-1-4-29(12-16)19-11-20(26-14-25-19)30-5-3-22-15-30/h3,5,10-11,13-16H,1-2,4,6-9,12H2,(H,23,24,27,31). The maximum atomic E-state index is 13.0. The molecule has 166 valence electrons. The predicted octanol–water partition coefficient (Wildman–Crippen LogP) is 1.14. The van der Waals surface area contributed by atoms with Gasteiger partial charge in [0.25, 0.3) is 0 Å². The topological polar surface area (TPSA) is 114 Å². The second kappa shape index (κ2) is 9.27. The minimum atomic E-state index is -0.155. The number of rotatable bonds is 5. The molecule has 0 spiro atoms. The Labute approximate surface area is 185 Å². The molecular weight excluding hydrogens is 410 g/mol. The predicted molar refractivity (Wildman–Crippen MR) is 118 cm³/mol. The molecule has 1 unspecified atom stereocenters. The van der Waals surface area contributed by atoms with E-state index in [0.717, 1.165) is 49.9 Å². The van der Waals surface area contributed by atoms with Crippen molar-refractivity contribution >= 4 is 23.4 Å². The monoisotopic (exact) mass is 435 g/mol. The minimum absolute atomic E-state index is 0.0368. The molecule has 11 nitrogen and oxygen atoms in total. The number of hydrogen-bond acceptors (Lipinski definition) is 9. The van der Waals surface area contributed by atoms with Crippen LogP contribution >= 0.6 is 0 Å². The van der Waals surface area contributed by atoms with Crippen LogP contribution in [-0.2, 0) is 9.53 Å². The Hall–Kier alpha value is -3.60. The summed E-state index contributed by atoms with van der Waals surface area (Å²) in [6.07, 6.45) is 10.0. The maximum absolute atomic E-state index is 13.0. The SMILES string of the molecule is O=C(Nc1cc(N2CCOCC2)ncn1)C1CCCN(c2cc(-n3ccnc3)ncn2)C1. The molecule has 2 fully saturated rings. The lowest BCUT2D eigenvalue weighted by molar-refractivity contribution is -0.120. The fourth-order valence-corrected chi connectivity index (χ4v) is 4.05. The summed E-state index contributed by atoms with van der Waals surface area (Å²) in [5, 5.41) is 2.98. The molecule has 2 aliphatic rings. The van der Waals surface area contributed by atoms with Gasteiger partial charge in [-0.3, -0.25) is 9.36 Å². The normalized spacial score (nSPS) is 19.1. The molecule has 0 aliphatic carbocycles. The number of carbonyl (C=O) groups excluding carboxylic acids is 1. The van der Waals surface area contributed by atoms with Crippen LogP contribution in [0, 0.1) is 5.92 Å². The Bertz CT molecular complexity index is 1050. The molecule has 5 rings (SSSR count). The average Bonchev–Trinajstić information content (AvgIpc) is 3.40. The van der Waals surface area contributed by atoms with E-state index in [2.05, 4.69) is 40.0 Å². The van der Waals surface area contributed by atoms with Crippen LogP contribution in [0.4, 0.5) is 17.5 Å².